The zero-order valence-corrected chi connectivity index (χ0v) is 9.69. The molecule has 2 rings (SSSR count). The fraction of sp³-hybridized carbons (Fsp3) is 0.0909. The Morgan fingerprint density at radius 2 is 2.31 bits per heavy atom. The van der Waals surface area contributed by atoms with E-state index in [-0.39, 0.29) is 17.2 Å². The van der Waals surface area contributed by atoms with Crippen LogP contribution in [0, 0.1) is 5.82 Å². The fourth-order valence-electron chi connectivity index (χ4n) is 1.28. The van der Waals surface area contributed by atoms with E-state index in [0.717, 1.165) is 0 Å². The summed E-state index contributed by atoms with van der Waals surface area (Å²) in [7, 11) is 0. The lowest BCUT2D eigenvalue weighted by atomic mass is 10.1. The molecule has 2 nitrogen and oxygen atoms in total. The van der Waals surface area contributed by atoms with Gasteiger partial charge in [0.25, 0.3) is 0 Å². The molecule has 1 aromatic carbocycles. The summed E-state index contributed by atoms with van der Waals surface area (Å²) >= 11 is 6.90. The molecule has 0 bridgehead atoms. The molecular formula is C11H7ClFNOS. The third-order valence-corrected chi connectivity index (χ3v) is 2.96. The summed E-state index contributed by atoms with van der Waals surface area (Å²) in [4.78, 5) is 15.6. The maximum Gasteiger partial charge on any atom is 0.186 e. The summed E-state index contributed by atoms with van der Waals surface area (Å²) in [6.07, 6.45) is 0.137. The lowest BCUT2D eigenvalue weighted by Gasteiger charge is -2.00. The molecule has 0 aliphatic heterocycles. The molecule has 0 amide bonds. The van der Waals surface area contributed by atoms with E-state index in [2.05, 4.69) is 4.98 Å². The molecule has 1 aromatic heterocycles. The second-order valence-corrected chi connectivity index (χ2v) is 4.35. The molecule has 1 heterocycles. The van der Waals surface area contributed by atoms with Gasteiger partial charge in [0.1, 0.15) is 11.5 Å². The molecule has 0 atom stereocenters. The molecule has 0 aliphatic rings. The van der Waals surface area contributed by atoms with Crippen molar-refractivity contribution in [1.29, 1.82) is 0 Å². The van der Waals surface area contributed by atoms with Gasteiger partial charge in [0.15, 0.2) is 5.78 Å². The minimum Gasteiger partial charge on any atom is -0.292 e. The highest BCUT2D eigenvalue weighted by molar-refractivity contribution is 7.07. The van der Waals surface area contributed by atoms with Gasteiger partial charge in [0.05, 0.1) is 10.5 Å². The standard InChI is InChI=1S/C11H7ClFNOS/c12-8-2-1-7(3-9(8)13)4-11(15)10-5-16-6-14-10/h1-3,5-6H,4H2. The number of hydrogen-bond acceptors (Lipinski definition) is 3. The number of halogens is 2. The van der Waals surface area contributed by atoms with Crippen LogP contribution in [0.1, 0.15) is 16.1 Å². The Labute approximate surface area is 101 Å². The first-order chi connectivity index (χ1) is 7.66. The molecule has 0 unspecified atom stereocenters. The zero-order valence-electron chi connectivity index (χ0n) is 8.11. The van der Waals surface area contributed by atoms with Gasteiger partial charge in [-0.15, -0.1) is 11.3 Å². The second kappa shape index (κ2) is 4.72. The number of Topliss-reactive ketones (excluding diaryl/α,β-unsaturated/α-hetero) is 1. The maximum atomic E-state index is 13.1. The van der Waals surface area contributed by atoms with Gasteiger partial charge in [-0.1, -0.05) is 17.7 Å². The Kier molecular flexibility index (Phi) is 3.31. The van der Waals surface area contributed by atoms with Crippen molar-refractivity contribution in [3.63, 3.8) is 0 Å². The first-order valence-electron chi connectivity index (χ1n) is 4.52. The Morgan fingerprint density at radius 3 is 2.94 bits per heavy atom. The molecule has 82 valence electrons. The van der Waals surface area contributed by atoms with Crippen molar-refractivity contribution in [3.8, 4) is 0 Å². The minimum atomic E-state index is -0.509. The van der Waals surface area contributed by atoms with Crippen LogP contribution in [0.4, 0.5) is 4.39 Å². The highest BCUT2D eigenvalue weighted by Gasteiger charge is 2.10. The van der Waals surface area contributed by atoms with E-state index < -0.39 is 5.82 Å². The number of thiazole rings is 1. The van der Waals surface area contributed by atoms with Gasteiger partial charge in [0.2, 0.25) is 0 Å². The van der Waals surface area contributed by atoms with E-state index in [1.165, 1.54) is 23.5 Å². The van der Waals surface area contributed by atoms with Crippen LogP contribution in [0.5, 0.6) is 0 Å². The predicted octanol–water partition coefficient (Wildman–Crippen LogP) is 3.36. The molecule has 0 fully saturated rings. The van der Waals surface area contributed by atoms with Crippen LogP contribution in [0.25, 0.3) is 0 Å². The summed E-state index contributed by atoms with van der Waals surface area (Å²) < 4.78 is 13.1. The van der Waals surface area contributed by atoms with E-state index in [4.69, 9.17) is 11.6 Å². The largest absolute Gasteiger partial charge is 0.292 e. The van der Waals surface area contributed by atoms with Crippen molar-refractivity contribution in [2.75, 3.05) is 0 Å². The summed E-state index contributed by atoms with van der Waals surface area (Å²) in [5.41, 5.74) is 2.61. The Balaban J connectivity index is 2.15. The predicted molar refractivity (Wildman–Crippen MR) is 61.6 cm³/mol. The van der Waals surface area contributed by atoms with Gasteiger partial charge < -0.3 is 0 Å². The van der Waals surface area contributed by atoms with Crippen LogP contribution in [0.2, 0.25) is 5.02 Å². The summed E-state index contributed by atoms with van der Waals surface area (Å²) in [5.74, 6) is -0.631. The van der Waals surface area contributed by atoms with Crippen molar-refractivity contribution in [2.45, 2.75) is 6.42 Å². The molecule has 0 saturated heterocycles. The Morgan fingerprint density at radius 1 is 1.50 bits per heavy atom. The van der Waals surface area contributed by atoms with Crippen LogP contribution in [0.15, 0.2) is 29.1 Å². The van der Waals surface area contributed by atoms with Gasteiger partial charge in [-0.2, -0.15) is 0 Å². The normalized spacial score (nSPS) is 10.4. The number of carbonyl (C=O) groups excluding carboxylic acids is 1. The van der Waals surface area contributed by atoms with Crippen molar-refractivity contribution in [1.82, 2.24) is 4.98 Å². The quantitative estimate of drug-likeness (QED) is 0.787. The van der Waals surface area contributed by atoms with E-state index in [1.54, 1.807) is 17.0 Å². The Bertz CT molecular complexity index is 513. The van der Waals surface area contributed by atoms with Gasteiger partial charge in [-0.25, -0.2) is 9.37 Å². The fourth-order valence-corrected chi connectivity index (χ4v) is 1.95. The van der Waals surface area contributed by atoms with E-state index in [0.29, 0.717) is 11.3 Å². The molecule has 0 N–H and O–H groups in total. The number of rotatable bonds is 3. The summed E-state index contributed by atoms with van der Waals surface area (Å²) in [6.45, 7) is 0. The Hall–Kier alpha value is -1.26. The monoisotopic (exact) mass is 255 g/mol. The van der Waals surface area contributed by atoms with Crippen LogP contribution in [-0.2, 0) is 6.42 Å². The second-order valence-electron chi connectivity index (χ2n) is 3.22. The summed E-state index contributed by atoms with van der Waals surface area (Å²) in [6, 6.07) is 4.35. The van der Waals surface area contributed by atoms with Gasteiger partial charge >= 0.3 is 0 Å². The minimum absolute atomic E-state index is 0.0601. The van der Waals surface area contributed by atoms with Crippen molar-refractivity contribution >= 4 is 28.7 Å². The average molecular weight is 256 g/mol. The third-order valence-electron chi connectivity index (χ3n) is 2.07. The smallest absolute Gasteiger partial charge is 0.186 e. The average Bonchev–Trinajstić information content (AvgIpc) is 2.77. The number of carbonyl (C=O) groups is 1. The number of nitrogens with zero attached hydrogens (tertiary/aromatic N) is 1. The van der Waals surface area contributed by atoms with E-state index >= 15 is 0 Å². The number of aromatic nitrogens is 1. The number of benzene rings is 1. The van der Waals surface area contributed by atoms with Crippen LogP contribution in [-0.4, -0.2) is 10.8 Å². The first-order valence-corrected chi connectivity index (χ1v) is 5.84. The van der Waals surface area contributed by atoms with Crippen LogP contribution >= 0.6 is 22.9 Å². The van der Waals surface area contributed by atoms with Gasteiger partial charge in [-0.05, 0) is 17.7 Å². The topological polar surface area (TPSA) is 30.0 Å². The maximum absolute atomic E-state index is 13.1. The van der Waals surface area contributed by atoms with Crippen molar-refractivity contribution < 1.29 is 9.18 Å². The number of ketones is 1. The van der Waals surface area contributed by atoms with E-state index in [1.807, 2.05) is 0 Å². The van der Waals surface area contributed by atoms with Crippen LogP contribution in [0.3, 0.4) is 0 Å². The van der Waals surface area contributed by atoms with Gasteiger partial charge in [0, 0.05) is 11.8 Å². The number of hydrogen-bond donors (Lipinski definition) is 0. The molecule has 0 aliphatic carbocycles. The zero-order chi connectivity index (χ0) is 11.5. The molecule has 0 radical (unpaired) electrons. The highest BCUT2D eigenvalue weighted by Crippen LogP contribution is 2.17. The molecule has 2 aromatic rings. The third kappa shape index (κ3) is 2.46. The summed E-state index contributed by atoms with van der Waals surface area (Å²) in [5, 5.41) is 1.74. The molecule has 5 heteroatoms. The molecular weight excluding hydrogens is 249 g/mol. The molecule has 16 heavy (non-hydrogen) atoms. The van der Waals surface area contributed by atoms with Gasteiger partial charge in [-0.3, -0.25) is 4.79 Å². The van der Waals surface area contributed by atoms with Crippen LogP contribution < -0.4 is 0 Å². The lowest BCUT2D eigenvalue weighted by molar-refractivity contribution is 0.0989. The molecule has 0 saturated carbocycles. The first kappa shape index (κ1) is 11.2. The molecule has 0 spiro atoms. The van der Waals surface area contributed by atoms with Crippen molar-refractivity contribution in [2.24, 2.45) is 0 Å². The van der Waals surface area contributed by atoms with E-state index in [9.17, 15) is 9.18 Å². The highest BCUT2D eigenvalue weighted by atomic mass is 35.5. The van der Waals surface area contributed by atoms with Crippen molar-refractivity contribution in [3.05, 3.63) is 51.2 Å². The lowest BCUT2D eigenvalue weighted by Crippen LogP contribution is -2.03. The SMILES string of the molecule is O=C(Cc1ccc(Cl)c(F)c1)c1cscn1.